The van der Waals surface area contributed by atoms with Gasteiger partial charge < -0.3 is 0 Å². The SMILES string of the molecule is O=S(NCc1cccnc1)c1ccccc1Cl. The number of benzene rings is 1. The first-order valence-corrected chi connectivity index (χ1v) is 6.59. The maximum atomic E-state index is 11.9. The van der Waals surface area contributed by atoms with E-state index >= 15 is 0 Å². The monoisotopic (exact) mass is 266 g/mol. The molecule has 0 aliphatic heterocycles. The Bertz CT molecular complexity index is 519. The van der Waals surface area contributed by atoms with Crippen molar-refractivity contribution in [2.45, 2.75) is 11.4 Å². The van der Waals surface area contributed by atoms with Crippen molar-refractivity contribution in [2.75, 3.05) is 0 Å². The standard InChI is InChI=1S/C12H11ClN2OS/c13-11-5-1-2-6-12(11)17(16)15-9-10-4-3-7-14-8-10/h1-8,15H,9H2. The van der Waals surface area contributed by atoms with Gasteiger partial charge in [-0.25, -0.2) is 8.93 Å². The van der Waals surface area contributed by atoms with Crippen LogP contribution in [0.5, 0.6) is 0 Å². The van der Waals surface area contributed by atoms with Crippen LogP contribution in [0.25, 0.3) is 0 Å². The van der Waals surface area contributed by atoms with Crippen LogP contribution >= 0.6 is 11.6 Å². The molecule has 2 rings (SSSR count). The average Bonchev–Trinajstić information content (AvgIpc) is 2.38. The summed E-state index contributed by atoms with van der Waals surface area (Å²) in [7, 11) is -1.31. The molecule has 0 spiro atoms. The molecule has 88 valence electrons. The van der Waals surface area contributed by atoms with Gasteiger partial charge in [0.15, 0.2) is 0 Å². The summed E-state index contributed by atoms with van der Waals surface area (Å²) in [6, 6.07) is 10.9. The van der Waals surface area contributed by atoms with E-state index in [0.29, 0.717) is 16.5 Å². The van der Waals surface area contributed by atoms with Crippen molar-refractivity contribution in [1.29, 1.82) is 0 Å². The van der Waals surface area contributed by atoms with Crippen LogP contribution in [0.15, 0.2) is 53.7 Å². The Balaban J connectivity index is 2.01. The highest BCUT2D eigenvalue weighted by molar-refractivity contribution is 7.83. The van der Waals surface area contributed by atoms with Crippen LogP contribution in [0.2, 0.25) is 5.02 Å². The molecule has 0 radical (unpaired) electrons. The normalized spacial score (nSPS) is 12.3. The second kappa shape index (κ2) is 5.91. The second-order valence-corrected chi connectivity index (χ2v) is 5.05. The van der Waals surface area contributed by atoms with E-state index in [1.54, 1.807) is 24.5 Å². The van der Waals surface area contributed by atoms with Gasteiger partial charge in [-0.1, -0.05) is 29.8 Å². The summed E-state index contributed by atoms with van der Waals surface area (Å²) in [4.78, 5) is 4.58. The molecule has 0 amide bonds. The summed E-state index contributed by atoms with van der Waals surface area (Å²) in [5, 5.41) is 0.504. The van der Waals surface area contributed by atoms with Crippen LogP contribution in [0.1, 0.15) is 5.56 Å². The van der Waals surface area contributed by atoms with Crippen molar-refractivity contribution in [1.82, 2.24) is 9.71 Å². The van der Waals surface area contributed by atoms with E-state index in [1.165, 1.54) is 0 Å². The van der Waals surface area contributed by atoms with Gasteiger partial charge >= 0.3 is 0 Å². The third-order valence-electron chi connectivity index (χ3n) is 2.17. The smallest absolute Gasteiger partial charge is 0.126 e. The van der Waals surface area contributed by atoms with Crippen LogP contribution in [-0.2, 0) is 17.5 Å². The molecular weight excluding hydrogens is 256 g/mol. The zero-order valence-corrected chi connectivity index (χ0v) is 10.5. The maximum absolute atomic E-state index is 11.9. The van der Waals surface area contributed by atoms with E-state index in [9.17, 15) is 4.21 Å². The Morgan fingerprint density at radius 3 is 2.76 bits per heavy atom. The van der Waals surface area contributed by atoms with Crippen molar-refractivity contribution >= 4 is 22.6 Å². The lowest BCUT2D eigenvalue weighted by Gasteiger charge is -2.05. The lowest BCUT2D eigenvalue weighted by Crippen LogP contribution is -2.17. The predicted molar refractivity (Wildman–Crippen MR) is 68.9 cm³/mol. The van der Waals surface area contributed by atoms with Crippen LogP contribution in [0.4, 0.5) is 0 Å². The van der Waals surface area contributed by atoms with Crippen LogP contribution in [0.3, 0.4) is 0 Å². The highest BCUT2D eigenvalue weighted by atomic mass is 35.5. The van der Waals surface area contributed by atoms with Gasteiger partial charge in [-0.2, -0.15) is 0 Å². The molecule has 17 heavy (non-hydrogen) atoms. The first-order valence-electron chi connectivity index (χ1n) is 5.06. The van der Waals surface area contributed by atoms with Crippen LogP contribution in [0, 0.1) is 0 Å². The Kier molecular flexibility index (Phi) is 4.25. The Hall–Kier alpha value is -1.23. The number of aromatic nitrogens is 1. The average molecular weight is 267 g/mol. The number of pyridine rings is 1. The van der Waals surface area contributed by atoms with Crippen LogP contribution in [-0.4, -0.2) is 9.19 Å². The fraction of sp³-hybridized carbons (Fsp3) is 0.0833. The van der Waals surface area contributed by atoms with Gasteiger partial charge in [0.25, 0.3) is 0 Å². The van der Waals surface area contributed by atoms with E-state index in [2.05, 4.69) is 9.71 Å². The third kappa shape index (κ3) is 3.36. The van der Waals surface area contributed by atoms with Crippen molar-refractivity contribution in [3.8, 4) is 0 Å². The zero-order chi connectivity index (χ0) is 12.1. The quantitative estimate of drug-likeness (QED) is 0.924. The molecule has 1 aromatic carbocycles. The zero-order valence-electron chi connectivity index (χ0n) is 8.97. The summed E-state index contributed by atoms with van der Waals surface area (Å²) >= 11 is 5.96. The summed E-state index contributed by atoms with van der Waals surface area (Å²) < 4.78 is 14.8. The van der Waals surface area contributed by atoms with Crippen molar-refractivity contribution < 1.29 is 4.21 Å². The molecule has 0 aliphatic rings. The highest BCUT2D eigenvalue weighted by Gasteiger charge is 2.07. The molecule has 0 aliphatic carbocycles. The second-order valence-electron chi connectivity index (χ2n) is 3.38. The van der Waals surface area contributed by atoms with Gasteiger partial charge in [0.2, 0.25) is 0 Å². The minimum atomic E-state index is -1.31. The topological polar surface area (TPSA) is 42.0 Å². The minimum absolute atomic E-state index is 0.492. The van der Waals surface area contributed by atoms with Crippen LogP contribution < -0.4 is 4.72 Å². The van der Waals surface area contributed by atoms with Gasteiger partial charge in [-0.3, -0.25) is 4.98 Å². The molecule has 0 bridgehead atoms. The van der Waals surface area contributed by atoms with Crippen molar-refractivity contribution in [2.24, 2.45) is 0 Å². The van der Waals surface area contributed by atoms with Crippen molar-refractivity contribution in [3.05, 3.63) is 59.4 Å². The Morgan fingerprint density at radius 1 is 1.24 bits per heavy atom. The number of halogens is 1. The fourth-order valence-electron chi connectivity index (χ4n) is 1.32. The first-order chi connectivity index (χ1) is 8.27. The van der Waals surface area contributed by atoms with E-state index in [1.807, 2.05) is 24.3 Å². The third-order valence-corrected chi connectivity index (χ3v) is 3.77. The van der Waals surface area contributed by atoms with E-state index in [4.69, 9.17) is 11.6 Å². The number of hydrogen-bond donors (Lipinski definition) is 1. The molecule has 5 heteroatoms. The van der Waals surface area contributed by atoms with Gasteiger partial charge in [0.05, 0.1) is 9.92 Å². The van der Waals surface area contributed by atoms with Gasteiger partial charge in [0, 0.05) is 18.9 Å². The molecule has 3 nitrogen and oxygen atoms in total. The highest BCUT2D eigenvalue weighted by Crippen LogP contribution is 2.17. The summed E-state index contributed by atoms with van der Waals surface area (Å²) in [6.07, 6.45) is 3.44. The summed E-state index contributed by atoms with van der Waals surface area (Å²) in [6.45, 7) is 0.492. The molecule has 0 saturated heterocycles. The number of nitrogens with zero attached hydrogens (tertiary/aromatic N) is 1. The molecule has 0 saturated carbocycles. The molecule has 2 aromatic rings. The summed E-state index contributed by atoms with van der Waals surface area (Å²) in [5.41, 5.74) is 0.980. The molecule has 1 heterocycles. The van der Waals surface area contributed by atoms with Crippen molar-refractivity contribution in [3.63, 3.8) is 0 Å². The van der Waals surface area contributed by atoms with E-state index in [-0.39, 0.29) is 0 Å². The first kappa shape index (κ1) is 12.2. The largest absolute Gasteiger partial charge is 0.264 e. The minimum Gasteiger partial charge on any atom is -0.264 e. The molecular formula is C12H11ClN2OS. The molecule has 1 N–H and O–H groups in total. The Labute approximate surface area is 107 Å². The van der Waals surface area contributed by atoms with E-state index < -0.39 is 11.0 Å². The lowest BCUT2D eigenvalue weighted by atomic mass is 10.3. The molecule has 1 unspecified atom stereocenters. The molecule has 1 atom stereocenters. The number of nitrogens with one attached hydrogen (secondary N) is 1. The predicted octanol–water partition coefficient (Wildman–Crippen LogP) is 2.55. The fourth-order valence-corrected chi connectivity index (χ4v) is 2.57. The van der Waals surface area contributed by atoms with Gasteiger partial charge in [-0.15, -0.1) is 0 Å². The Morgan fingerprint density at radius 2 is 2.06 bits per heavy atom. The molecule has 1 aromatic heterocycles. The summed E-state index contributed by atoms with van der Waals surface area (Å²) in [5.74, 6) is 0. The number of rotatable bonds is 4. The van der Waals surface area contributed by atoms with Gasteiger partial charge in [0.1, 0.15) is 11.0 Å². The van der Waals surface area contributed by atoms with E-state index in [0.717, 1.165) is 5.56 Å². The maximum Gasteiger partial charge on any atom is 0.126 e. The number of hydrogen-bond acceptors (Lipinski definition) is 2. The molecule has 0 fully saturated rings. The van der Waals surface area contributed by atoms with Gasteiger partial charge in [-0.05, 0) is 23.8 Å². The lowest BCUT2D eigenvalue weighted by molar-refractivity contribution is 0.671.